The lowest BCUT2D eigenvalue weighted by Crippen LogP contribution is -2.12. The van der Waals surface area contributed by atoms with Crippen LogP contribution in [-0.2, 0) is 9.53 Å². The Morgan fingerprint density at radius 1 is 1.18 bits per heavy atom. The summed E-state index contributed by atoms with van der Waals surface area (Å²) < 4.78 is 11.5. The molecule has 3 rings (SSSR count). The Morgan fingerprint density at radius 3 is 2.54 bits per heavy atom. The van der Waals surface area contributed by atoms with E-state index in [9.17, 15) is 9.90 Å². The van der Waals surface area contributed by atoms with Crippen molar-refractivity contribution in [3.63, 3.8) is 0 Å². The molecule has 8 heteroatoms. The van der Waals surface area contributed by atoms with E-state index in [0.717, 1.165) is 14.4 Å². The van der Waals surface area contributed by atoms with Gasteiger partial charge in [-0.05, 0) is 72.3 Å². The van der Waals surface area contributed by atoms with Crippen molar-refractivity contribution in [2.24, 2.45) is 4.99 Å². The molecule has 146 valence electrons. The monoisotopic (exact) mass is 479 g/mol. The van der Waals surface area contributed by atoms with Gasteiger partial charge in [0.2, 0.25) is 0 Å². The van der Waals surface area contributed by atoms with Gasteiger partial charge in [-0.25, -0.2) is 9.79 Å². The highest BCUT2D eigenvalue weighted by Gasteiger charge is 2.33. The summed E-state index contributed by atoms with van der Waals surface area (Å²) in [4.78, 5) is 18.5. The standard InChI is InChI=1S/C20H18BrNO4S2/c1-3-25-13-7-5-12(6-8-13)22-19-17(20(24)26-4-2)18(23)15(28-19)11-14-9-10-16(21)27-14/h5-11,23H,3-4H2,1-2H3/b15-11-,22-19?. The van der Waals surface area contributed by atoms with Gasteiger partial charge in [-0.2, -0.15) is 0 Å². The molecule has 5 nitrogen and oxygen atoms in total. The second-order valence-electron chi connectivity index (χ2n) is 5.54. The van der Waals surface area contributed by atoms with Gasteiger partial charge in [0.25, 0.3) is 0 Å². The molecule has 2 heterocycles. The largest absolute Gasteiger partial charge is 0.506 e. The summed E-state index contributed by atoms with van der Waals surface area (Å²) in [5.74, 6) is 0.0454. The third kappa shape index (κ3) is 4.87. The summed E-state index contributed by atoms with van der Waals surface area (Å²) in [6.07, 6.45) is 1.83. The number of benzene rings is 1. The zero-order chi connectivity index (χ0) is 20.1. The summed E-state index contributed by atoms with van der Waals surface area (Å²) in [6, 6.07) is 11.1. The predicted octanol–water partition coefficient (Wildman–Crippen LogP) is 6.10. The summed E-state index contributed by atoms with van der Waals surface area (Å²) in [5, 5.41) is 11.1. The summed E-state index contributed by atoms with van der Waals surface area (Å²) in [6.45, 7) is 4.44. The maximum Gasteiger partial charge on any atom is 0.344 e. The molecule has 1 aliphatic rings. The van der Waals surface area contributed by atoms with E-state index < -0.39 is 5.97 Å². The molecule has 0 unspecified atom stereocenters. The lowest BCUT2D eigenvalue weighted by atomic mass is 10.2. The van der Waals surface area contributed by atoms with Crippen LogP contribution in [0.25, 0.3) is 6.08 Å². The predicted molar refractivity (Wildman–Crippen MR) is 119 cm³/mol. The number of aliphatic hydroxyl groups is 1. The van der Waals surface area contributed by atoms with Crippen LogP contribution in [0, 0.1) is 0 Å². The van der Waals surface area contributed by atoms with Crippen LogP contribution in [0.15, 0.2) is 61.4 Å². The molecular weight excluding hydrogens is 462 g/mol. The molecule has 0 spiro atoms. The topological polar surface area (TPSA) is 68.1 Å². The van der Waals surface area contributed by atoms with Crippen LogP contribution in [-0.4, -0.2) is 29.3 Å². The minimum Gasteiger partial charge on any atom is -0.506 e. The van der Waals surface area contributed by atoms with Crippen molar-refractivity contribution in [2.45, 2.75) is 13.8 Å². The first-order chi connectivity index (χ1) is 13.5. The van der Waals surface area contributed by atoms with Gasteiger partial charge in [0.1, 0.15) is 22.1 Å². The van der Waals surface area contributed by atoms with E-state index in [1.54, 1.807) is 19.1 Å². The van der Waals surface area contributed by atoms with Crippen LogP contribution in [0.2, 0.25) is 0 Å². The Hall–Kier alpha value is -2.03. The van der Waals surface area contributed by atoms with Crippen molar-refractivity contribution < 1.29 is 19.4 Å². The van der Waals surface area contributed by atoms with E-state index in [-0.39, 0.29) is 17.9 Å². The number of ether oxygens (including phenoxy) is 2. The highest BCUT2D eigenvalue weighted by Crippen LogP contribution is 2.41. The normalized spacial score (nSPS) is 16.8. The molecule has 1 N–H and O–H groups in total. The van der Waals surface area contributed by atoms with Gasteiger partial charge in [-0.3, -0.25) is 0 Å². The number of carbonyl (C=O) groups excluding carboxylic acids is 1. The average molecular weight is 480 g/mol. The van der Waals surface area contributed by atoms with E-state index in [0.29, 0.717) is 22.2 Å². The average Bonchev–Trinajstić information content (AvgIpc) is 3.20. The zero-order valence-electron chi connectivity index (χ0n) is 15.3. The molecule has 2 aromatic rings. The number of aliphatic hydroxyl groups excluding tert-OH is 1. The quantitative estimate of drug-likeness (QED) is 0.506. The third-order valence-corrected chi connectivity index (χ3v) is 6.21. The number of halogens is 1. The minimum atomic E-state index is -0.590. The van der Waals surface area contributed by atoms with Gasteiger partial charge >= 0.3 is 5.97 Å². The van der Waals surface area contributed by atoms with Crippen molar-refractivity contribution in [3.8, 4) is 5.75 Å². The van der Waals surface area contributed by atoms with Gasteiger partial charge in [0.15, 0.2) is 0 Å². The molecule has 1 aromatic carbocycles. The van der Waals surface area contributed by atoms with Crippen LogP contribution in [0.3, 0.4) is 0 Å². The number of hydrogen-bond donors (Lipinski definition) is 1. The molecule has 0 atom stereocenters. The van der Waals surface area contributed by atoms with Gasteiger partial charge in [0.05, 0.1) is 27.6 Å². The van der Waals surface area contributed by atoms with Crippen LogP contribution in [0.4, 0.5) is 5.69 Å². The summed E-state index contributed by atoms with van der Waals surface area (Å²) >= 11 is 6.20. The lowest BCUT2D eigenvalue weighted by Gasteiger charge is -2.05. The van der Waals surface area contributed by atoms with E-state index in [1.165, 1.54) is 23.1 Å². The number of thioether (sulfide) groups is 1. The number of aliphatic imine (C=N–C) groups is 1. The van der Waals surface area contributed by atoms with Gasteiger partial charge in [0, 0.05) is 4.88 Å². The van der Waals surface area contributed by atoms with Crippen molar-refractivity contribution in [2.75, 3.05) is 13.2 Å². The first kappa shape index (κ1) is 20.7. The molecule has 1 aromatic heterocycles. The SMILES string of the molecule is CCOC(=O)C1=C(O)/C(=C/c2ccc(Br)s2)SC1=Nc1ccc(OCC)cc1. The second-order valence-corrected chi connectivity index (χ2v) is 9.07. The van der Waals surface area contributed by atoms with Gasteiger partial charge < -0.3 is 14.6 Å². The molecule has 0 bridgehead atoms. The zero-order valence-corrected chi connectivity index (χ0v) is 18.5. The molecular formula is C20H18BrNO4S2. The number of carbonyl (C=O) groups is 1. The molecule has 0 aliphatic carbocycles. The maximum atomic E-state index is 12.4. The molecule has 28 heavy (non-hydrogen) atoms. The van der Waals surface area contributed by atoms with Crippen LogP contribution in [0.1, 0.15) is 18.7 Å². The second kappa shape index (κ2) is 9.45. The third-order valence-electron chi connectivity index (χ3n) is 3.62. The summed E-state index contributed by atoms with van der Waals surface area (Å²) in [5.41, 5.74) is 0.739. The summed E-state index contributed by atoms with van der Waals surface area (Å²) in [7, 11) is 0. The molecule has 0 fully saturated rings. The number of nitrogens with zero attached hydrogens (tertiary/aromatic N) is 1. The molecule has 0 amide bonds. The number of rotatable bonds is 6. The number of hydrogen-bond acceptors (Lipinski definition) is 7. The first-order valence-electron chi connectivity index (χ1n) is 8.59. The molecule has 1 aliphatic heterocycles. The molecule has 0 saturated heterocycles. The Morgan fingerprint density at radius 2 is 1.93 bits per heavy atom. The van der Waals surface area contributed by atoms with E-state index in [1.807, 2.05) is 37.3 Å². The molecule has 0 saturated carbocycles. The highest BCUT2D eigenvalue weighted by molar-refractivity contribution is 9.11. The fourth-order valence-electron chi connectivity index (χ4n) is 2.43. The Labute approximate surface area is 179 Å². The Kier molecular flexibility index (Phi) is 6.98. The minimum absolute atomic E-state index is 0.0857. The first-order valence-corrected chi connectivity index (χ1v) is 11.0. The Balaban J connectivity index is 1.97. The van der Waals surface area contributed by atoms with Crippen LogP contribution < -0.4 is 4.74 Å². The number of esters is 1. The lowest BCUT2D eigenvalue weighted by molar-refractivity contribution is -0.138. The smallest absolute Gasteiger partial charge is 0.344 e. The fourth-order valence-corrected chi connectivity index (χ4v) is 4.90. The van der Waals surface area contributed by atoms with Crippen molar-refractivity contribution in [1.29, 1.82) is 0 Å². The van der Waals surface area contributed by atoms with E-state index in [2.05, 4.69) is 20.9 Å². The molecule has 0 radical (unpaired) electrons. The van der Waals surface area contributed by atoms with Crippen LogP contribution >= 0.6 is 39.0 Å². The van der Waals surface area contributed by atoms with E-state index >= 15 is 0 Å². The van der Waals surface area contributed by atoms with Gasteiger partial charge in [-0.1, -0.05) is 11.8 Å². The van der Waals surface area contributed by atoms with Gasteiger partial charge in [-0.15, -0.1) is 11.3 Å². The van der Waals surface area contributed by atoms with Crippen molar-refractivity contribution in [3.05, 3.63) is 61.3 Å². The highest BCUT2D eigenvalue weighted by atomic mass is 79.9. The van der Waals surface area contributed by atoms with E-state index in [4.69, 9.17) is 9.47 Å². The van der Waals surface area contributed by atoms with Crippen molar-refractivity contribution >= 4 is 61.8 Å². The fraction of sp³-hybridized carbons (Fsp3) is 0.200. The Bertz CT molecular complexity index is 961. The number of thiophene rings is 1. The van der Waals surface area contributed by atoms with Crippen LogP contribution in [0.5, 0.6) is 5.75 Å². The maximum absolute atomic E-state index is 12.4. The van der Waals surface area contributed by atoms with Crippen molar-refractivity contribution in [1.82, 2.24) is 0 Å².